The molecule has 386 valence electrons. The maximum atomic E-state index is 2.70. The Bertz CT molecular complexity index is 3620. The maximum absolute atomic E-state index is 2.70. The van der Waals surface area contributed by atoms with E-state index in [9.17, 15) is 0 Å². The van der Waals surface area contributed by atoms with Crippen molar-refractivity contribution in [3.05, 3.63) is 288 Å². The van der Waals surface area contributed by atoms with Crippen molar-refractivity contribution in [1.29, 1.82) is 0 Å². The van der Waals surface area contributed by atoms with E-state index < -0.39 is 21.6 Å². The van der Waals surface area contributed by atoms with Crippen LogP contribution in [0.1, 0.15) is 112 Å². The van der Waals surface area contributed by atoms with Gasteiger partial charge in [0.2, 0.25) is 0 Å². The van der Waals surface area contributed by atoms with Crippen LogP contribution in [0.4, 0.5) is 0 Å². The molecule has 2 saturated carbocycles. The zero-order valence-corrected chi connectivity index (χ0v) is 48.4. The molecule has 0 spiro atoms. The second kappa shape index (κ2) is 17.8. The molecule has 0 bridgehead atoms. The first-order valence-electron chi connectivity index (χ1n) is 29.6. The Morgan fingerprint density at radius 2 is 0.557 bits per heavy atom. The van der Waals surface area contributed by atoms with Crippen molar-refractivity contribution in [2.45, 2.75) is 105 Å². The molecule has 4 atom stereocenters. The summed E-state index contributed by atoms with van der Waals surface area (Å²) in [6.45, 7) is 10.7. The molecule has 10 aromatic carbocycles. The van der Waals surface area contributed by atoms with Crippen LogP contribution in [0.2, 0.25) is 10.1 Å². The van der Waals surface area contributed by atoms with E-state index >= 15 is 0 Å². The summed E-state index contributed by atoms with van der Waals surface area (Å²) in [5.74, 6) is 0. The number of hydrogen-bond acceptors (Lipinski definition) is 0. The molecule has 0 aromatic heterocycles. The summed E-state index contributed by atoms with van der Waals surface area (Å²) >= 11 is 0. The summed E-state index contributed by atoms with van der Waals surface area (Å²) in [5, 5.41) is 9.63. The molecule has 2 heterocycles. The number of fused-ring (bicyclic) bond motifs is 9. The van der Waals surface area contributed by atoms with E-state index in [2.05, 4.69) is 282 Å². The molecule has 0 N–H and O–H groups in total. The highest BCUT2D eigenvalue weighted by atomic mass is 28.3. The Balaban J connectivity index is 0.925. The molecule has 10 aromatic rings. The Hall–Kier alpha value is -7.37. The van der Waals surface area contributed by atoms with Gasteiger partial charge in [-0.25, -0.2) is 0 Å². The van der Waals surface area contributed by atoms with Gasteiger partial charge in [-0.1, -0.05) is 296 Å². The third-order valence-corrected chi connectivity index (χ3v) is 34.6. The van der Waals surface area contributed by atoms with Gasteiger partial charge in [-0.2, -0.15) is 0 Å². The van der Waals surface area contributed by atoms with Gasteiger partial charge in [-0.05, 0) is 157 Å². The van der Waals surface area contributed by atoms with E-state index in [1.165, 1.54) is 107 Å². The van der Waals surface area contributed by atoms with Crippen LogP contribution < -0.4 is 31.1 Å². The van der Waals surface area contributed by atoms with Crippen LogP contribution in [0.3, 0.4) is 0 Å². The van der Waals surface area contributed by atoms with Gasteiger partial charge in [0.1, 0.15) is 0 Å². The first-order chi connectivity index (χ1) is 38.6. The monoisotopic (exact) mass is 1050 g/mol. The first kappa shape index (κ1) is 48.7. The molecule has 0 saturated heterocycles. The van der Waals surface area contributed by atoms with Crippen LogP contribution in [-0.2, 0) is 16.2 Å². The van der Waals surface area contributed by atoms with Crippen molar-refractivity contribution in [3.63, 3.8) is 0 Å². The van der Waals surface area contributed by atoms with Gasteiger partial charge >= 0.3 is 0 Å². The minimum Gasteiger partial charge on any atom is -0.0624 e. The van der Waals surface area contributed by atoms with Crippen LogP contribution in [0, 0.1) is 0 Å². The fraction of sp³-hybridized carbons (Fsp3) is 0.221. The molecule has 2 heteroatoms. The molecule has 2 fully saturated rings. The molecule has 15 rings (SSSR count). The van der Waals surface area contributed by atoms with Gasteiger partial charge < -0.3 is 0 Å². The number of rotatable bonds is 8. The Kier molecular flexibility index (Phi) is 11.0. The van der Waals surface area contributed by atoms with Gasteiger partial charge in [0.05, 0.1) is 5.41 Å². The van der Waals surface area contributed by atoms with Crippen molar-refractivity contribution >= 4 is 47.3 Å². The average Bonchev–Trinajstić information content (AvgIpc) is 1.85. The fourth-order valence-corrected chi connectivity index (χ4v) is 32.4. The normalized spacial score (nSPS) is 24.3. The summed E-state index contributed by atoms with van der Waals surface area (Å²) in [4.78, 5) is 0. The first-order valence-corrected chi connectivity index (χ1v) is 33.6. The highest BCUT2D eigenvalue weighted by Crippen LogP contribution is 2.67. The van der Waals surface area contributed by atoms with Crippen molar-refractivity contribution in [1.82, 2.24) is 0 Å². The third kappa shape index (κ3) is 6.26. The zero-order chi connectivity index (χ0) is 53.2. The highest BCUT2D eigenvalue weighted by Gasteiger charge is 2.70. The van der Waals surface area contributed by atoms with Crippen molar-refractivity contribution < 1.29 is 0 Å². The molecule has 3 aliphatic carbocycles. The Morgan fingerprint density at radius 1 is 0.278 bits per heavy atom. The molecule has 0 radical (unpaired) electrons. The molecule has 0 amide bonds. The highest BCUT2D eigenvalue weighted by molar-refractivity contribution is 7.15. The standard InChI is InChI=1S/C77H70Si2/c1-73-47-23-25-49-75(73,3)78(61-31-15-7-16-32-61,62-33-17-8-18-34-62)71-45-41-57(53-69(71)73)55-39-43-65-66-44-40-56(52-68(66)77(67(65)51-55,59-27-11-5-12-28-59)60-29-13-6-14-30-60)58-42-46-72-70(54-58)74(2)48-24-26-50-76(74,4)79(72,63-35-19-9-20-36-63)64-37-21-10-22-38-64/h5-22,27-46,51-54H,23-26,47-50H2,1-4H3. The van der Waals surface area contributed by atoms with E-state index in [1.54, 1.807) is 42.2 Å². The van der Waals surface area contributed by atoms with E-state index in [0.717, 1.165) is 0 Å². The fourth-order valence-electron chi connectivity index (χ4n) is 18.5. The average molecular weight is 1050 g/mol. The minimum absolute atomic E-state index is 0.0348. The van der Waals surface area contributed by atoms with Crippen LogP contribution >= 0.6 is 0 Å². The Labute approximate surface area is 471 Å². The number of benzene rings is 10. The van der Waals surface area contributed by atoms with Gasteiger partial charge in [0.15, 0.2) is 16.1 Å². The van der Waals surface area contributed by atoms with Gasteiger partial charge in [-0.3, -0.25) is 0 Å². The van der Waals surface area contributed by atoms with Gasteiger partial charge in [0.25, 0.3) is 0 Å². The van der Waals surface area contributed by atoms with Gasteiger partial charge in [0, 0.05) is 0 Å². The summed E-state index contributed by atoms with van der Waals surface area (Å²) in [6, 6.07) is 100. The lowest BCUT2D eigenvalue weighted by atomic mass is 9.64. The molecule has 4 unspecified atom stereocenters. The minimum atomic E-state index is -2.55. The van der Waals surface area contributed by atoms with Crippen LogP contribution in [0.5, 0.6) is 0 Å². The van der Waals surface area contributed by atoms with Crippen LogP contribution in [-0.4, -0.2) is 16.1 Å². The van der Waals surface area contributed by atoms with Crippen molar-refractivity contribution in [2.75, 3.05) is 0 Å². The number of hydrogen-bond donors (Lipinski definition) is 0. The smallest absolute Gasteiger partial charge is 0.0624 e. The van der Waals surface area contributed by atoms with E-state index in [4.69, 9.17) is 0 Å². The van der Waals surface area contributed by atoms with E-state index in [-0.39, 0.29) is 20.9 Å². The summed E-state index contributed by atoms with van der Waals surface area (Å²) < 4.78 is 0. The molecular weight excluding hydrogens is 981 g/mol. The predicted molar refractivity (Wildman–Crippen MR) is 338 cm³/mol. The quantitative estimate of drug-likeness (QED) is 0.133. The summed E-state index contributed by atoms with van der Waals surface area (Å²) in [7, 11) is -5.10. The van der Waals surface area contributed by atoms with Crippen LogP contribution in [0.15, 0.2) is 255 Å². The van der Waals surface area contributed by atoms with Gasteiger partial charge in [-0.15, -0.1) is 0 Å². The second-order valence-electron chi connectivity index (χ2n) is 25.2. The van der Waals surface area contributed by atoms with Crippen molar-refractivity contribution in [3.8, 4) is 33.4 Å². The summed E-state index contributed by atoms with van der Waals surface area (Å²) in [6.07, 6.45) is 10.0. The SMILES string of the molecule is CC12CCCCC1(C)[Si](c1ccccc1)(c1ccccc1)c1ccc(-c3ccc4c(c3)C(c3ccccc3)(c3ccccc3)c3cc(-c5ccc6c(c5)C5(C)CCCCC5(C)[Si]6(c5ccccc5)c5ccccc5)ccc3-4)cc12. The topological polar surface area (TPSA) is 0 Å². The van der Waals surface area contributed by atoms with E-state index in [1.807, 2.05) is 0 Å². The molecular formula is C77H70Si2. The lowest BCUT2D eigenvalue weighted by Gasteiger charge is -2.54. The largest absolute Gasteiger partial charge is 0.155 e. The summed E-state index contributed by atoms with van der Waals surface area (Å²) in [5.41, 5.74) is 15.9. The van der Waals surface area contributed by atoms with Crippen molar-refractivity contribution in [2.24, 2.45) is 0 Å². The lowest BCUT2D eigenvalue weighted by Crippen LogP contribution is -2.72. The predicted octanol–water partition coefficient (Wildman–Crippen LogP) is 15.5. The zero-order valence-electron chi connectivity index (χ0n) is 46.4. The lowest BCUT2D eigenvalue weighted by molar-refractivity contribution is 0.241. The molecule has 0 nitrogen and oxygen atoms in total. The molecule has 2 aliphatic heterocycles. The van der Waals surface area contributed by atoms with Crippen LogP contribution in [0.25, 0.3) is 33.4 Å². The van der Waals surface area contributed by atoms with E-state index in [0.29, 0.717) is 0 Å². The maximum Gasteiger partial charge on any atom is 0.155 e. The third-order valence-electron chi connectivity index (χ3n) is 22.4. The second-order valence-corrected chi connectivity index (χ2v) is 33.8. The molecule has 5 aliphatic rings. The Morgan fingerprint density at radius 3 is 0.886 bits per heavy atom. The molecule has 79 heavy (non-hydrogen) atoms.